The molecule has 1 heterocycles. The summed E-state index contributed by atoms with van der Waals surface area (Å²) in [5.74, 6) is 1.17. The van der Waals surface area contributed by atoms with Crippen LogP contribution in [0.5, 0.6) is 0 Å². The number of β-amino-alcohol motifs (C(OH)–C–C–N with tert-alkyl or cyclic N) is 1. The normalized spacial score (nSPS) is 24.9. The maximum Gasteiger partial charge on any atom is 0.223 e. The van der Waals surface area contributed by atoms with Crippen LogP contribution in [0, 0.1) is 5.92 Å². The van der Waals surface area contributed by atoms with Crippen LogP contribution in [0.25, 0.3) is 0 Å². The predicted molar refractivity (Wildman–Crippen MR) is 93.2 cm³/mol. The van der Waals surface area contributed by atoms with Gasteiger partial charge in [-0.1, -0.05) is 26.2 Å². The number of carbonyl (C=O) groups is 1. The third-order valence-corrected chi connectivity index (χ3v) is 5.93. The van der Waals surface area contributed by atoms with Crippen molar-refractivity contribution in [2.45, 2.75) is 63.5 Å². The van der Waals surface area contributed by atoms with E-state index in [1.165, 1.54) is 6.42 Å². The van der Waals surface area contributed by atoms with Gasteiger partial charge in [0, 0.05) is 37.3 Å². The molecule has 2 aliphatic rings. The van der Waals surface area contributed by atoms with Crippen LogP contribution >= 0.6 is 11.8 Å². The lowest BCUT2D eigenvalue weighted by Crippen LogP contribution is -2.51. The van der Waals surface area contributed by atoms with E-state index < -0.39 is 5.60 Å². The van der Waals surface area contributed by atoms with Crippen molar-refractivity contribution >= 4 is 17.7 Å². The summed E-state index contributed by atoms with van der Waals surface area (Å²) >= 11 is 1.72. The molecule has 5 heteroatoms. The first-order valence-electron chi connectivity index (χ1n) is 8.76. The molecule has 0 aromatic heterocycles. The molecule has 0 aromatic rings. The molecular formula is C17H32N2O2S. The van der Waals surface area contributed by atoms with Gasteiger partial charge < -0.3 is 15.3 Å². The topological polar surface area (TPSA) is 52.6 Å². The number of aliphatic hydroxyl groups is 1. The molecule has 2 N–H and O–H groups in total. The molecule has 0 spiro atoms. The van der Waals surface area contributed by atoms with Crippen LogP contribution < -0.4 is 5.32 Å². The highest BCUT2D eigenvalue weighted by molar-refractivity contribution is 7.98. The summed E-state index contributed by atoms with van der Waals surface area (Å²) < 4.78 is 0. The molecule has 1 aliphatic heterocycles. The lowest BCUT2D eigenvalue weighted by molar-refractivity contribution is -0.125. The summed E-state index contributed by atoms with van der Waals surface area (Å²) in [6, 6.07) is 0.314. The summed E-state index contributed by atoms with van der Waals surface area (Å²) in [6.45, 7) is 4.80. The second-order valence-electron chi connectivity index (χ2n) is 7.20. The third kappa shape index (κ3) is 5.43. The van der Waals surface area contributed by atoms with Crippen LogP contribution in [-0.2, 0) is 4.79 Å². The molecule has 128 valence electrons. The van der Waals surface area contributed by atoms with Crippen LogP contribution in [0.2, 0.25) is 0 Å². The van der Waals surface area contributed by atoms with Crippen molar-refractivity contribution in [3.05, 3.63) is 0 Å². The van der Waals surface area contributed by atoms with E-state index >= 15 is 0 Å². The van der Waals surface area contributed by atoms with Crippen LogP contribution in [0.1, 0.15) is 51.9 Å². The van der Waals surface area contributed by atoms with Crippen molar-refractivity contribution in [2.24, 2.45) is 5.92 Å². The number of rotatable bonds is 6. The first kappa shape index (κ1) is 18.1. The standard InChI is InChI=1S/C17H32N2O2S/c1-14(12-22-2)16(20)18-15-6-10-19(11-7-15)13-17(21)8-4-3-5-9-17/h14-15,21H,3-13H2,1-2H3,(H,18,20). The number of nitrogens with zero attached hydrogens (tertiary/aromatic N) is 1. The number of piperidine rings is 1. The van der Waals surface area contributed by atoms with E-state index in [2.05, 4.69) is 10.2 Å². The van der Waals surface area contributed by atoms with E-state index in [-0.39, 0.29) is 11.8 Å². The molecule has 22 heavy (non-hydrogen) atoms. The van der Waals surface area contributed by atoms with Crippen molar-refractivity contribution < 1.29 is 9.90 Å². The predicted octanol–water partition coefficient (Wildman–Crippen LogP) is 2.26. The Morgan fingerprint density at radius 3 is 2.55 bits per heavy atom. The summed E-state index contributed by atoms with van der Waals surface area (Å²) in [7, 11) is 0. The Morgan fingerprint density at radius 2 is 1.95 bits per heavy atom. The minimum Gasteiger partial charge on any atom is -0.389 e. The SMILES string of the molecule is CSCC(C)C(=O)NC1CCN(CC2(O)CCCCC2)CC1. The number of hydrogen-bond donors (Lipinski definition) is 2. The first-order chi connectivity index (χ1) is 10.5. The van der Waals surface area contributed by atoms with Gasteiger partial charge >= 0.3 is 0 Å². The number of thioether (sulfide) groups is 1. The number of likely N-dealkylation sites (tertiary alicyclic amines) is 1. The van der Waals surface area contributed by atoms with Crippen LogP contribution in [0.3, 0.4) is 0 Å². The summed E-state index contributed by atoms with van der Waals surface area (Å²) in [5.41, 5.74) is -0.457. The second-order valence-corrected chi connectivity index (χ2v) is 8.11. The summed E-state index contributed by atoms with van der Waals surface area (Å²) in [4.78, 5) is 14.5. The average Bonchev–Trinajstić information content (AvgIpc) is 2.50. The lowest BCUT2D eigenvalue weighted by Gasteiger charge is -2.40. The average molecular weight is 329 g/mol. The Morgan fingerprint density at radius 1 is 1.32 bits per heavy atom. The zero-order chi connectivity index (χ0) is 16.0. The molecular weight excluding hydrogens is 296 g/mol. The van der Waals surface area contributed by atoms with Gasteiger partial charge in [0.2, 0.25) is 5.91 Å². The molecule has 1 saturated heterocycles. The molecule has 1 aliphatic carbocycles. The minimum atomic E-state index is -0.457. The van der Waals surface area contributed by atoms with E-state index in [1.807, 2.05) is 13.2 Å². The maximum atomic E-state index is 12.1. The molecule has 0 bridgehead atoms. The Kier molecular flexibility index (Phi) is 7.03. The van der Waals surface area contributed by atoms with Crippen molar-refractivity contribution in [1.29, 1.82) is 0 Å². The molecule has 0 radical (unpaired) electrons. The fourth-order valence-electron chi connectivity index (χ4n) is 3.69. The Bertz CT molecular complexity index is 351. The van der Waals surface area contributed by atoms with Crippen molar-refractivity contribution in [2.75, 3.05) is 31.6 Å². The lowest BCUT2D eigenvalue weighted by atomic mass is 9.84. The second kappa shape index (κ2) is 8.55. The molecule has 0 aromatic carbocycles. The molecule has 4 nitrogen and oxygen atoms in total. The fourth-order valence-corrected chi connectivity index (χ4v) is 4.34. The van der Waals surface area contributed by atoms with Gasteiger partial charge in [-0.2, -0.15) is 11.8 Å². The maximum absolute atomic E-state index is 12.1. The largest absolute Gasteiger partial charge is 0.389 e. The van der Waals surface area contributed by atoms with Crippen LogP contribution in [0.4, 0.5) is 0 Å². The minimum absolute atomic E-state index is 0.0935. The zero-order valence-corrected chi connectivity index (χ0v) is 15.0. The summed E-state index contributed by atoms with van der Waals surface area (Å²) in [6.07, 6.45) is 9.56. The van der Waals surface area contributed by atoms with E-state index in [1.54, 1.807) is 11.8 Å². The van der Waals surface area contributed by atoms with E-state index in [9.17, 15) is 9.90 Å². The van der Waals surface area contributed by atoms with E-state index in [4.69, 9.17) is 0 Å². The van der Waals surface area contributed by atoms with Crippen molar-refractivity contribution in [3.63, 3.8) is 0 Å². The highest BCUT2D eigenvalue weighted by atomic mass is 32.2. The van der Waals surface area contributed by atoms with E-state index in [0.717, 1.165) is 63.9 Å². The first-order valence-corrected chi connectivity index (χ1v) is 10.2. The van der Waals surface area contributed by atoms with Gasteiger partial charge in [0.15, 0.2) is 0 Å². The van der Waals surface area contributed by atoms with Crippen molar-refractivity contribution in [1.82, 2.24) is 10.2 Å². The molecule has 2 rings (SSSR count). The van der Waals surface area contributed by atoms with E-state index in [0.29, 0.717) is 6.04 Å². The van der Waals surface area contributed by atoms with Crippen LogP contribution in [-0.4, -0.2) is 59.2 Å². The van der Waals surface area contributed by atoms with Gasteiger partial charge in [-0.15, -0.1) is 0 Å². The van der Waals surface area contributed by atoms with Gasteiger partial charge in [0.25, 0.3) is 0 Å². The van der Waals surface area contributed by atoms with Gasteiger partial charge in [0.1, 0.15) is 0 Å². The Hall–Kier alpha value is -0.260. The van der Waals surface area contributed by atoms with Crippen LogP contribution in [0.15, 0.2) is 0 Å². The molecule has 2 fully saturated rings. The van der Waals surface area contributed by atoms with Gasteiger partial charge in [-0.3, -0.25) is 4.79 Å². The number of amides is 1. The number of nitrogens with one attached hydrogen (secondary N) is 1. The molecule has 1 saturated carbocycles. The quantitative estimate of drug-likeness (QED) is 0.785. The Balaban J connectivity index is 1.70. The smallest absolute Gasteiger partial charge is 0.223 e. The number of carbonyl (C=O) groups excluding carboxylic acids is 1. The number of hydrogen-bond acceptors (Lipinski definition) is 4. The fraction of sp³-hybridized carbons (Fsp3) is 0.941. The highest BCUT2D eigenvalue weighted by Crippen LogP contribution is 2.29. The molecule has 1 unspecified atom stereocenters. The van der Waals surface area contributed by atoms with Gasteiger partial charge in [-0.25, -0.2) is 0 Å². The molecule has 1 atom stereocenters. The highest BCUT2D eigenvalue weighted by Gasteiger charge is 2.33. The monoisotopic (exact) mass is 328 g/mol. The third-order valence-electron chi connectivity index (χ3n) is 5.10. The Labute approximate surface area is 139 Å². The van der Waals surface area contributed by atoms with Crippen molar-refractivity contribution in [3.8, 4) is 0 Å². The van der Waals surface area contributed by atoms with Gasteiger partial charge in [0.05, 0.1) is 5.60 Å². The van der Waals surface area contributed by atoms with Gasteiger partial charge in [-0.05, 0) is 31.9 Å². The zero-order valence-electron chi connectivity index (χ0n) is 14.1. The molecule has 1 amide bonds. The summed E-state index contributed by atoms with van der Waals surface area (Å²) in [5, 5.41) is 13.8.